The molecule has 5 nitrogen and oxygen atoms in total. The molecule has 0 saturated carbocycles. The Labute approximate surface area is 118 Å². The van der Waals surface area contributed by atoms with Gasteiger partial charge in [-0.3, -0.25) is 0 Å². The van der Waals surface area contributed by atoms with Gasteiger partial charge < -0.3 is 5.32 Å². The highest BCUT2D eigenvalue weighted by Gasteiger charge is 2.08. The Bertz CT molecular complexity index is 764. The van der Waals surface area contributed by atoms with Gasteiger partial charge in [-0.2, -0.15) is 5.26 Å². The summed E-state index contributed by atoms with van der Waals surface area (Å²) in [4.78, 5) is 0. The predicted molar refractivity (Wildman–Crippen MR) is 80.0 cm³/mol. The Kier molecular flexibility index (Phi) is 4.23. The molecule has 0 radical (unpaired) electrons. The van der Waals surface area contributed by atoms with Crippen LogP contribution in [0.25, 0.3) is 10.8 Å². The van der Waals surface area contributed by atoms with E-state index in [1.54, 1.807) is 12.1 Å². The second-order valence-electron chi connectivity index (χ2n) is 4.27. The molecule has 6 heteroatoms. The smallest absolute Gasteiger partial charge is 0.213 e. The molecular weight excluding hydrogens is 274 g/mol. The minimum atomic E-state index is -3.22. The van der Waals surface area contributed by atoms with Crippen molar-refractivity contribution < 1.29 is 8.42 Å². The van der Waals surface area contributed by atoms with E-state index in [1.807, 2.05) is 24.3 Å². The fraction of sp³-hybridized carbons (Fsp3) is 0.214. The van der Waals surface area contributed by atoms with Gasteiger partial charge in [0.05, 0.1) is 17.4 Å². The van der Waals surface area contributed by atoms with Crippen LogP contribution in [0, 0.1) is 11.3 Å². The lowest BCUT2D eigenvalue weighted by Gasteiger charge is -2.10. The van der Waals surface area contributed by atoms with Crippen LogP contribution in [-0.2, 0) is 10.0 Å². The maximum atomic E-state index is 11.4. The minimum Gasteiger partial charge on any atom is -0.383 e. The van der Waals surface area contributed by atoms with Crippen LogP contribution in [0.1, 0.15) is 5.56 Å². The average molecular weight is 289 g/mol. The van der Waals surface area contributed by atoms with E-state index in [0.29, 0.717) is 12.1 Å². The van der Waals surface area contributed by atoms with E-state index in [-0.39, 0.29) is 5.75 Å². The zero-order valence-electron chi connectivity index (χ0n) is 11.1. The highest BCUT2D eigenvalue weighted by Crippen LogP contribution is 2.26. The molecule has 0 saturated heterocycles. The lowest BCUT2D eigenvalue weighted by molar-refractivity contribution is 0.588. The normalized spacial score (nSPS) is 11.2. The van der Waals surface area contributed by atoms with E-state index in [2.05, 4.69) is 16.1 Å². The molecule has 2 N–H and O–H groups in total. The third kappa shape index (κ3) is 3.07. The number of hydrogen-bond donors (Lipinski definition) is 2. The van der Waals surface area contributed by atoms with Crippen molar-refractivity contribution in [1.82, 2.24) is 4.72 Å². The Morgan fingerprint density at radius 3 is 2.50 bits per heavy atom. The Morgan fingerprint density at radius 2 is 1.85 bits per heavy atom. The summed E-state index contributed by atoms with van der Waals surface area (Å²) >= 11 is 0. The summed E-state index contributed by atoms with van der Waals surface area (Å²) in [5.41, 5.74) is 1.43. The van der Waals surface area contributed by atoms with Crippen molar-refractivity contribution in [3.63, 3.8) is 0 Å². The Morgan fingerprint density at radius 1 is 1.15 bits per heavy atom. The van der Waals surface area contributed by atoms with Crippen LogP contribution in [0.5, 0.6) is 0 Å². The fourth-order valence-corrected chi connectivity index (χ4v) is 2.55. The van der Waals surface area contributed by atoms with Gasteiger partial charge in [-0.1, -0.05) is 24.3 Å². The van der Waals surface area contributed by atoms with Crippen molar-refractivity contribution in [3.05, 3.63) is 42.0 Å². The van der Waals surface area contributed by atoms with Crippen LogP contribution >= 0.6 is 0 Å². The molecule has 2 aromatic rings. The third-order valence-electron chi connectivity index (χ3n) is 3.04. The topological polar surface area (TPSA) is 82.0 Å². The first-order chi connectivity index (χ1) is 9.57. The van der Waals surface area contributed by atoms with Gasteiger partial charge in [0.2, 0.25) is 10.0 Å². The molecule has 0 amide bonds. The van der Waals surface area contributed by atoms with Gasteiger partial charge in [-0.15, -0.1) is 0 Å². The standard InChI is InChI=1S/C14H15N3O2S/c1-16-20(18,19)9-8-17-14-7-6-11(10-15)12-4-2-3-5-13(12)14/h2-7,16-17H,8-9H2,1H3. The summed E-state index contributed by atoms with van der Waals surface area (Å²) in [7, 11) is -1.83. The molecule has 0 spiro atoms. The fourth-order valence-electron chi connectivity index (χ4n) is 1.97. The van der Waals surface area contributed by atoms with E-state index in [4.69, 9.17) is 5.26 Å². The summed E-state index contributed by atoms with van der Waals surface area (Å²) in [5, 5.41) is 14.0. The Balaban J connectivity index is 2.26. The van der Waals surface area contributed by atoms with Gasteiger partial charge in [0, 0.05) is 23.0 Å². The zero-order chi connectivity index (χ0) is 14.6. The number of nitrogens with zero attached hydrogens (tertiary/aromatic N) is 1. The second kappa shape index (κ2) is 5.90. The molecule has 0 aliphatic carbocycles. The lowest BCUT2D eigenvalue weighted by Crippen LogP contribution is -2.26. The summed E-state index contributed by atoms with van der Waals surface area (Å²) in [6, 6.07) is 13.2. The molecule has 0 atom stereocenters. The molecule has 0 unspecified atom stereocenters. The molecule has 0 aliphatic heterocycles. The molecular formula is C14H15N3O2S. The maximum Gasteiger partial charge on any atom is 0.213 e. The molecule has 0 fully saturated rings. The first kappa shape index (κ1) is 14.3. The van der Waals surface area contributed by atoms with Gasteiger partial charge in [-0.25, -0.2) is 13.1 Å². The number of rotatable bonds is 5. The SMILES string of the molecule is CNS(=O)(=O)CCNc1ccc(C#N)c2ccccc12. The number of nitrogens with one attached hydrogen (secondary N) is 2. The average Bonchev–Trinajstić information content (AvgIpc) is 2.47. The number of benzene rings is 2. The maximum absolute atomic E-state index is 11.4. The monoisotopic (exact) mass is 289 g/mol. The highest BCUT2D eigenvalue weighted by atomic mass is 32.2. The van der Waals surface area contributed by atoms with Gasteiger partial charge in [0.15, 0.2) is 0 Å². The van der Waals surface area contributed by atoms with Crippen molar-refractivity contribution in [3.8, 4) is 6.07 Å². The van der Waals surface area contributed by atoms with Crippen molar-refractivity contribution in [2.75, 3.05) is 24.7 Å². The van der Waals surface area contributed by atoms with Crippen LogP contribution in [-0.4, -0.2) is 27.8 Å². The van der Waals surface area contributed by atoms with Crippen LogP contribution < -0.4 is 10.0 Å². The van der Waals surface area contributed by atoms with E-state index in [0.717, 1.165) is 16.5 Å². The van der Waals surface area contributed by atoms with Crippen molar-refractivity contribution in [2.45, 2.75) is 0 Å². The number of anilines is 1. The number of hydrogen-bond acceptors (Lipinski definition) is 4. The van der Waals surface area contributed by atoms with Gasteiger partial charge >= 0.3 is 0 Å². The van der Waals surface area contributed by atoms with Crippen LogP contribution in [0.4, 0.5) is 5.69 Å². The molecule has 20 heavy (non-hydrogen) atoms. The Hall–Kier alpha value is -2.10. The highest BCUT2D eigenvalue weighted by molar-refractivity contribution is 7.89. The first-order valence-electron chi connectivity index (χ1n) is 6.14. The van der Waals surface area contributed by atoms with Gasteiger partial charge in [0.25, 0.3) is 0 Å². The van der Waals surface area contributed by atoms with Crippen molar-refractivity contribution in [1.29, 1.82) is 5.26 Å². The molecule has 2 rings (SSSR count). The number of sulfonamides is 1. The quantitative estimate of drug-likeness (QED) is 0.877. The summed E-state index contributed by atoms with van der Waals surface area (Å²) < 4.78 is 25.0. The summed E-state index contributed by atoms with van der Waals surface area (Å²) in [6.07, 6.45) is 0. The van der Waals surface area contributed by atoms with Gasteiger partial charge in [-0.05, 0) is 19.2 Å². The van der Waals surface area contributed by atoms with Crippen LogP contribution in [0.15, 0.2) is 36.4 Å². The van der Waals surface area contributed by atoms with E-state index >= 15 is 0 Å². The molecule has 2 aromatic carbocycles. The molecule has 104 valence electrons. The molecule has 0 heterocycles. The number of nitriles is 1. The largest absolute Gasteiger partial charge is 0.383 e. The summed E-state index contributed by atoms with van der Waals surface area (Å²) in [5.74, 6) is -0.00215. The second-order valence-corrected chi connectivity index (χ2v) is 6.31. The minimum absolute atomic E-state index is 0.00215. The third-order valence-corrected chi connectivity index (χ3v) is 4.41. The van der Waals surface area contributed by atoms with E-state index in [9.17, 15) is 8.42 Å². The molecule has 0 aliphatic rings. The molecule has 0 aromatic heterocycles. The van der Waals surface area contributed by atoms with E-state index in [1.165, 1.54) is 7.05 Å². The summed E-state index contributed by atoms with van der Waals surface area (Å²) in [6.45, 7) is 0.305. The number of fused-ring (bicyclic) bond motifs is 1. The van der Waals surface area contributed by atoms with Crippen LogP contribution in [0.2, 0.25) is 0 Å². The predicted octanol–water partition coefficient (Wildman–Crippen LogP) is 1.67. The zero-order valence-corrected chi connectivity index (χ0v) is 11.9. The lowest BCUT2D eigenvalue weighted by atomic mass is 10.0. The van der Waals surface area contributed by atoms with Crippen molar-refractivity contribution >= 4 is 26.5 Å². The molecule has 0 bridgehead atoms. The first-order valence-corrected chi connectivity index (χ1v) is 7.79. The van der Waals surface area contributed by atoms with Crippen LogP contribution in [0.3, 0.4) is 0 Å². The van der Waals surface area contributed by atoms with Gasteiger partial charge in [0.1, 0.15) is 0 Å². The van der Waals surface area contributed by atoms with E-state index < -0.39 is 10.0 Å². The van der Waals surface area contributed by atoms with Crippen molar-refractivity contribution in [2.24, 2.45) is 0 Å².